The molecule has 3 nitrogen and oxygen atoms in total. The fraction of sp³-hybridized carbons (Fsp3) is 0.769. The highest BCUT2D eigenvalue weighted by molar-refractivity contribution is 4.88. The number of aryl methyl sites for hydroxylation is 1. The summed E-state index contributed by atoms with van der Waals surface area (Å²) >= 11 is 0. The van der Waals surface area contributed by atoms with Crippen LogP contribution in [0.2, 0.25) is 0 Å². The first-order valence-corrected chi connectivity index (χ1v) is 6.48. The van der Waals surface area contributed by atoms with Crippen molar-refractivity contribution in [1.82, 2.24) is 14.9 Å². The van der Waals surface area contributed by atoms with Crippen molar-refractivity contribution in [2.24, 2.45) is 5.92 Å². The van der Waals surface area contributed by atoms with Crippen LogP contribution in [0.25, 0.3) is 0 Å². The van der Waals surface area contributed by atoms with Gasteiger partial charge in [-0.3, -0.25) is 0 Å². The fourth-order valence-corrected chi connectivity index (χ4v) is 2.63. The molecule has 1 aromatic rings. The average Bonchev–Trinajstić information content (AvgIpc) is 2.67. The molecule has 1 N–H and O–H groups in total. The van der Waals surface area contributed by atoms with Crippen molar-refractivity contribution in [2.45, 2.75) is 52.1 Å². The van der Waals surface area contributed by atoms with Crippen molar-refractivity contribution in [1.29, 1.82) is 0 Å². The minimum Gasteiger partial charge on any atom is -0.334 e. The number of nitrogens with zero attached hydrogens (tertiary/aromatic N) is 2. The zero-order chi connectivity index (χ0) is 11.4. The van der Waals surface area contributed by atoms with E-state index < -0.39 is 0 Å². The van der Waals surface area contributed by atoms with E-state index in [9.17, 15) is 0 Å². The summed E-state index contributed by atoms with van der Waals surface area (Å²) < 4.78 is 2.21. The van der Waals surface area contributed by atoms with Crippen molar-refractivity contribution < 1.29 is 0 Å². The lowest BCUT2D eigenvalue weighted by Crippen LogP contribution is -2.38. The Balaban J connectivity index is 1.73. The largest absolute Gasteiger partial charge is 0.334 e. The van der Waals surface area contributed by atoms with Gasteiger partial charge >= 0.3 is 0 Å². The third kappa shape index (κ3) is 2.85. The molecule has 3 heteroatoms. The Hall–Kier alpha value is -0.830. The van der Waals surface area contributed by atoms with Crippen LogP contribution in [0.1, 0.15) is 38.4 Å². The van der Waals surface area contributed by atoms with Crippen LogP contribution in [0, 0.1) is 12.8 Å². The standard InChI is InChI=1S/C13H23N3/c1-11-5-3-4-6-13(11)15-8-10-16-9-7-14-12(16)2/h7,9,11,13,15H,3-6,8,10H2,1-2H3. The van der Waals surface area contributed by atoms with E-state index in [0.717, 1.165) is 30.9 Å². The zero-order valence-corrected chi connectivity index (χ0v) is 10.4. The molecule has 0 bridgehead atoms. The van der Waals surface area contributed by atoms with Gasteiger partial charge in [-0.25, -0.2) is 4.98 Å². The summed E-state index contributed by atoms with van der Waals surface area (Å²) in [5, 5.41) is 3.69. The number of nitrogens with one attached hydrogen (secondary N) is 1. The van der Waals surface area contributed by atoms with Gasteiger partial charge in [-0.2, -0.15) is 0 Å². The minimum absolute atomic E-state index is 0.734. The molecule has 2 unspecified atom stereocenters. The summed E-state index contributed by atoms with van der Waals surface area (Å²) in [6, 6.07) is 0.734. The maximum atomic E-state index is 4.23. The van der Waals surface area contributed by atoms with Crippen LogP contribution in [-0.2, 0) is 6.54 Å². The Bertz CT molecular complexity index is 319. The van der Waals surface area contributed by atoms with Crippen LogP contribution in [0.3, 0.4) is 0 Å². The first kappa shape index (κ1) is 11.6. The van der Waals surface area contributed by atoms with Crippen LogP contribution >= 0.6 is 0 Å². The highest BCUT2D eigenvalue weighted by atomic mass is 15.1. The van der Waals surface area contributed by atoms with E-state index >= 15 is 0 Å². The van der Waals surface area contributed by atoms with Gasteiger partial charge in [0.15, 0.2) is 0 Å². The zero-order valence-electron chi connectivity index (χ0n) is 10.4. The SMILES string of the molecule is Cc1nccn1CCNC1CCCCC1C. The Morgan fingerprint density at radius 3 is 2.94 bits per heavy atom. The van der Waals surface area contributed by atoms with Crippen molar-refractivity contribution in [2.75, 3.05) is 6.54 Å². The van der Waals surface area contributed by atoms with Crippen molar-refractivity contribution in [3.63, 3.8) is 0 Å². The first-order valence-electron chi connectivity index (χ1n) is 6.48. The molecule has 1 heterocycles. The lowest BCUT2D eigenvalue weighted by Gasteiger charge is -2.29. The summed E-state index contributed by atoms with van der Waals surface area (Å²) in [7, 11) is 0. The third-order valence-electron chi connectivity index (χ3n) is 3.79. The van der Waals surface area contributed by atoms with Crippen LogP contribution in [-0.4, -0.2) is 22.1 Å². The number of rotatable bonds is 4. The van der Waals surface area contributed by atoms with Gasteiger partial charge in [-0.05, 0) is 25.7 Å². The Labute approximate surface area is 98.3 Å². The molecule has 90 valence electrons. The van der Waals surface area contributed by atoms with Gasteiger partial charge in [0, 0.05) is 31.5 Å². The lowest BCUT2D eigenvalue weighted by atomic mass is 9.86. The maximum absolute atomic E-state index is 4.23. The lowest BCUT2D eigenvalue weighted by molar-refractivity contribution is 0.278. The van der Waals surface area contributed by atoms with Crippen molar-refractivity contribution in [3.05, 3.63) is 18.2 Å². The Kier molecular flexibility index (Phi) is 3.99. The molecule has 0 aromatic carbocycles. The molecule has 1 aromatic heterocycles. The second-order valence-corrected chi connectivity index (χ2v) is 4.99. The predicted molar refractivity (Wildman–Crippen MR) is 66.4 cm³/mol. The molecule has 1 aliphatic rings. The van der Waals surface area contributed by atoms with E-state index in [1.807, 2.05) is 6.20 Å². The molecule has 1 aliphatic carbocycles. The summed E-state index contributed by atoms with van der Waals surface area (Å²) in [4.78, 5) is 4.23. The maximum Gasteiger partial charge on any atom is 0.105 e. The van der Waals surface area contributed by atoms with Crippen LogP contribution in [0.4, 0.5) is 0 Å². The molecule has 0 aliphatic heterocycles. The van der Waals surface area contributed by atoms with Crippen LogP contribution in [0.15, 0.2) is 12.4 Å². The molecular weight excluding hydrogens is 198 g/mol. The Morgan fingerprint density at radius 2 is 2.25 bits per heavy atom. The highest BCUT2D eigenvalue weighted by Gasteiger charge is 2.20. The smallest absolute Gasteiger partial charge is 0.105 e. The van der Waals surface area contributed by atoms with Gasteiger partial charge in [-0.1, -0.05) is 19.8 Å². The van der Waals surface area contributed by atoms with Gasteiger partial charge in [0.05, 0.1) is 0 Å². The van der Waals surface area contributed by atoms with Gasteiger partial charge < -0.3 is 9.88 Å². The normalized spacial score (nSPS) is 25.9. The van der Waals surface area contributed by atoms with E-state index in [0.29, 0.717) is 0 Å². The van der Waals surface area contributed by atoms with Gasteiger partial charge in [0.1, 0.15) is 5.82 Å². The number of aromatic nitrogens is 2. The molecular formula is C13H23N3. The first-order chi connectivity index (χ1) is 7.77. The third-order valence-corrected chi connectivity index (χ3v) is 3.79. The van der Waals surface area contributed by atoms with Gasteiger partial charge in [0.25, 0.3) is 0 Å². The molecule has 0 spiro atoms. The summed E-state index contributed by atoms with van der Waals surface area (Å²) in [5.74, 6) is 1.95. The second kappa shape index (κ2) is 5.48. The number of hydrogen-bond donors (Lipinski definition) is 1. The van der Waals surface area contributed by atoms with E-state index in [1.54, 1.807) is 0 Å². The molecule has 2 atom stereocenters. The summed E-state index contributed by atoms with van der Waals surface area (Å²) in [5.41, 5.74) is 0. The van der Waals surface area contributed by atoms with Crippen LogP contribution in [0.5, 0.6) is 0 Å². The summed E-state index contributed by atoms with van der Waals surface area (Å²) in [6.07, 6.45) is 9.48. The second-order valence-electron chi connectivity index (χ2n) is 4.99. The number of imidazole rings is 1. The summed E-state index contributed by atoms with van der Waals surface area (Å²) in [6.45, 7) is 6.53. The fourth-order valence-electron chi connectivity index (χ4n) is 2.63. The molecule has 16 heavy (non-hydrogen) atoms. The van der Waals surface area contributed by atoms with Crippen molar-refractivity contribution >= 4 is 0 Å². The van der Waals surface area contributed by atoms with Gasteiger partial charge in [-0.15, -0.1) is 0 Å². The van der Waals surface area contributed by atoms with Crippen molar-refractivity contribution in [3.8, 4) is 0 Å². The highest BCUT2D eigenvalue weighted by Crippen LogP contribution is 2.23. The van der Waals surface area contributed by atoms with E-state index in [2.05, 4.69) is 34.9 Å². The quantitative estimate of drug-likeness (QED) is 0.846. The molecule has 0 saturated heterocycles. The molecule has 0 amide bonds. The molecule has 1 fully saturated rings. The predicted octanol–water partition coefficient (Wildman–Crippen LogP) is 2.36. The minimum atomic E-state index is 0.734. The van der Waals surface area contributed by atoms with E-state index in [1.165, 1.54) is 25.7 Å². The number of hydrogen-bond acceptors (Lipinski definition) is 2. The van der Waals surface area contributed by atoms with E-state index in [-0.39, 0.29) is 0 Å². The van der Waals surface area contributed by atoms with E-state index in [4.69, 9.17) is 0 Å². The monoisotopic (exact) mass is 221 g/mol. The Morgan fingerprint density at radius 1 is 1.44 bits per heavy atom. The average molecular weight is 221 g/mol. The van der Waals surface area contributed by atoms with Gasteiger partial charge in [0.2, 0.25) is 0 Å². The topological polar surface area (TPSA) is 29.9 Å². The molecule has 1 saturated carbocycles. The van der Waals surface area contributed by atoms with Crippen LogP contribution < -0.4 is 5.32 Å². The molecule has 2 rings (SSSR count). The molecule has 0 radical (unpaired) electrons.